The molecule has 5 rings (SSSR count). The van der Waals surface area contributed by atoms with Gasteiger partial charge in [-0.2, -0.15) is 13.2 Å². The summed E-state index contributed by atoms with van der Waals surface area (Å²) in [5.41, 5.74) is 0.867. The van der Waals surface area contributed by atoms with Crippen LogP contribution in [-0.4, -0.2) is 28.6 Å². The maximum absolute atomic E-state index is 13.7. The average Bonchev–Trinajstić information content (AvgIpc) is 3.42. The maximum Gasteiger partial charge on any atom is 0.586 e. The van der Waals surface area contributed by atoms with Crippen molar-refractivity contribution in [2.24, 2.45) is 0 Å². The highest BCUT2D eigenvalue weighted by molar-refractivity contribution is 6.32. The van der Waals surface area contributed by atoms with Crippen LogP contribution >= 0.6 is 11.6 Å². The van der Waals surface area contributed by atoms with Crippen LogP contribution in [0.1, 0.15) is 27.0 Å². The number of carbonyl (C=O) groups is 1. The number of alkyl halides is 5. The molecular formula is C26H18ClF5N2O3. The minimum absolute atomic E-state index is 0.0330. The van der Waals surface area contributed by atoms with E-state index in [0.717, 1.165) is 12.1 Å². The summed E-state index contributed by atoms with van der Waals surface area (Å²) >= 11 is 6.22. The van der Waals surface area contributed by atoms with E-state index in [1.807, 2.05) is 0 Å². The quantitative estimate of drug-likeness (QED) is 0.269. The van der Waals surface area contributed by atoms with Crippen molar-refractivity contribution < 1.29 is 36.2 Å². The number of fused-ring (bicyclic) bond motifs is 2. The van der Waals surface area contributed by atoms with E-state index in [1.54, 1.807) is 24.4 Å². The van der Waals surface area contributed by atoms with Crippen LogP contribution < -0.4 is 9.47 Å². The van der Waals surface area contributed by atoms with Gasteiger partial charge in [-0.1, -0.05) is 35.9 Å². The molecule has 37 heavy (non-hydrogen) atoms. The van der Waals surface area contributed by atoms with Gasteiger partial charge in [0.1, 0.15) is 0 Å². The smallest absolute Gasteiger partial charge is 0.395 e. The number of aromatic nitrogens is 1. The number of carbonyl (C=O) groups excluding carboxylic acids is 1. The number of benzene rings is 3. The molecule has 4 aromatic rings. The molecule has 1 N–H and O–H groups in total. The van der Waals surface area contributed by atoms with Gasteiger partial charge in [0.15, 0.2) is 11.5 Å². The van der Waals surface area contributed by atoms with Crippen LogP contribution in [0.3, 0.4) is 0 Å². The monoisotopic (exact) mass is 536 g/mol. The van der Waals surface area contributed by atoms with Crippen LogP contribution in [0.25, 0.3) is 10.9 Å². The molecule has 0 bridgehead atoms. The highest BCUT2D eigenvalue weighted by Crippen LogP contribution is 2.41. The number of hydrogen-bond donors (Lipinski definition) is 1. The Kier molecular flexibility index (Phi) is 6.23. The van der Waals surface area contributed by atoms with E-state index >= 15 is 0 Å². The fraction of sp³-hybridized carbons (Fsp3) is 0.192. The Morgan fingerprint density at radius 1 is 0.973 bits per heavy atom. The largest absolute Gasteiger partial charge is 0.586 e. The van der Waals surface area contributed by atoms with Crippen molar-refractivity contribution >= 4 is 28.4 Å². The molecule has 0 saturated heterocycles. The molecule has 0 saturated carbocycles. The Morgan fingerprint density at radius 3 is 2.54 bits per heavy atom. The van der Waals surface area contributed by atoms with Gasteiger partial charge in [-0.3, -0.25) is 4.79 Å². The van der Waals surface area contributed by atoms with Crippen molar-refractivity contribution in [2.75, 3.05) is 6.54 Å². The predicted molar refractivity (Wildman–Crippen MR) is 126 cm³/mol. The average molecular weight is 537 g/mol. The van der Waals surface area contributed by atoms with Crippen LogP contribution in [0.5, 0.6) is 11.5 Å². The normalized spacial score (nSPS) is 14.2. The van der Waals surface area contributed by atoms with Crippen LogP contribution in [0.15, 0.2) is 66.9 Å². The molecule has 192 valence electrons. The van der Waals surface area contributed by atoms with Gasteiger partial charge in [-0.25, -0.2) is 0 Å². The lowest BCUT2D eigenvalue weighted by atomic mass is 10.1. The molecule has 1 aromatic heterocycles. The summed E-state index contributed by atoms with van der Waals surface area (Å²) in [6.07, 6.45) is -6.52. The Balaban J connectivity index is 1.45. The standard InChI is InChI=1S/C26H18ClF5N2O3/c27-19-12-17-6-8-33-23(17)20(13-19)24(35)34(9-7-15-2-1-3-18(10-15)25(28,29)30)14-16-4-5-21-22(11-16)37-26(31,32)36-21/h1-6,8,10-13,33H,7,9,14H2. The van der Waals surface area contributed by atoms with Crippen LogP contribution in [0, 0.1) is 0 Å². The van der Waals surface area contributed by atoms with E-state index in [9.17, 15) is 26.7 Å². The van der Waals surface area contributed by atoms with Gasteiger partial charge in [0.05, 0.1) is 16.6 Å². The summed E-state index contributed by atoms with van der Waals surface area (Å²) in [7, 11) is 0. The first kappa shape index (κ1) is 24.9. The lowest BCUT2D eigenvalue weighted by Gasteiger charge is -2.24. The van der Waals surface area contributed by atoms with Crippen molar-refractivity contribution in [1.29, 1.82) is 0 Å². The molecule has 1 aliphatic rings. The number of rotatable bonds is 6. The number of nitrogens with one attached hydrogen (secondary N) is 1. The lowest BCUT2D eigenvalue weighted by molar-refractivity contribution is -0.286. The van der Waals surface area contributed by atoms with E-state index in [4.69, 9.17) is 11.6 Å². The van der Waals surface area contributed by atoms with Gasteiger partial charge in [0.25, 0.3) is 5.91 Å². The second-order valence-corrected chi connectivity index (χ2v) is 8.96. The van der Waals surface area contributed by atoms with Gasteiger partial charge >= 0.3 is 12.5 Å². The maximum atomic E-state index is 13.7. The highest BCUT2D eigenvalue weighted by Gasteiger charge is 2.43. The molecule has 5 nitrogen and oxygen atoms in total. The minimum atomic E-state index is -4.50. The van der Waals surface area contributed by atoms with Crippen molar-refractivity contribution in [2.45, 2.75) is 25.4 Å². The van der Waals surface area contributed by atoms with E-state index < -0.39 is 23.9 Å². The van der Waals surface area contributed by atoms with Crippen LogP contribution in [-0.2, 0) is 19.1 Å². The zero-order valence-corrected chi connectivity index (χ0v) is 19.7. The zero-order valence-electron chi connectivity index (χ0n) is 18.9. The first-order chi connectivity index (χ1) is 17.5. The second kappa shape index (κ2) is 9.26. The summed E-state index contributed by atoms with van der Waals surface area (Å²) in [6, 6.07) is 14.0. The summed E-state index contributed by atoms with van der Waals surface area (Å²) in [5, 5.41) is 1.04. The highest BCUT2D eigenvalue weighted by atomic mass is 35.5. The third-order valence-electron chi connectivity index (χ3n) is 5.91. The lowest BCUT2D eigenvalue weighted by Crippen LogP contribution is -2.32. The van der Waals surface area contributed by atoms with E-state index in [1.165, 1.54) is 35.2 Å². The SMILES string of the molecule is O=C(c1cc(Cl)cc2cc[nH]c12)N(CCc1cccc(C(F)(F)F)c1)Cc1ccc2c(c1)OC(F)(F)O2. The predicted octanol–water partition coefficient (Wildman–Crippen LogP) is 7.05. The van der Waals surface area contributed by atoms with E-state index in [2.05, 4.69) is 14.5 Å². The van der Waals surface area contributed by atoms with Crippen LogP contribution in [0.4, 0.5) is 22.0 Å². The molecule has 1 aliphatic heterocycles. The van der Waals surface area contributed by atoms with Gasteiger partial charge in [-0.15, -0.1) is 8.78 Å². The summed E-state index contributed by atoms with van der Waals surface area (Å²) in [4.78, 5) is 18.1. The number of amides is 1. The number of ether oxygens (including phenoxy) is 2. The van der Waals surface area contributed by atoms with Gasteiger partial charge in [-0.05, 0) is 53.9 Å². The zero-order chi connectivity index (χ0) is 26.4. The molecule has 0 radical (unpaired) electrons. The summed E-state index contributed by atoms with van der Waals surface area (Å²) in [6.45, 7) is 0.00812. The summed E-state index contributed by atoms with van der Waals surface area (Å²) in [5.74, 6) is -0.759. The molecule has 0 spiro atoms. The third-order valence-corrected chi connectivity index (χ3v) is 6.12. The molecule has 0 fully saturated rings. The third kappa shape index (κ3) is 5.34. The first-order valence-electron chi connectivity index (χ1n) is 11.1. The van der Waals surface area contributed by atoms with E-state index in [-0.39, 0.29) is 36.6 Å². The number of H-pyrrole nitrogens is 1. The van der Waals surface area contributed by atoms with Crippen molar-refractivity contribution in [3.63, 3.8) is 0 Å². The molecule has 0 aliphatic carbocycles. The van der Waals surface area contributed by atoms with Gasteiger partial charge in [0, 0.05) is 29.7 Å². The molecule has 1 amide bonds. The minimum Gasteiger partial charge on any atom is -0.395 e. The van der Waals surface area contributed by atoms with Crippen LogP contribution in [0.2, 0.25) is 5.02 Å². The fourth-order valence-corrected chi connectivity index (χ4v) is 4.43. The van der Waals surface area contributed by atoms with Crippen molar-refractivity contribution in [3.8, 4) is 11.5 Å². The summed E-state index contributed by atoms with van der Waals surface area (Å²) < 4.78 is 75.3. The fourth-order valence-electron chi connectivity index (χ4n) is 4.21. The molecule has 0 atom stereocenters. The molecule has 0 unspecified atom stereocenters. The Labute approximate surface area is 212 Å². The Bertz CT molecular complexity index is 1480. The number of hydrogen-bond acceptors (Lipinski definition) is 3. The molecular weight excluding hydrogens is 519 g/mol. The molecule has 3 aromatic carbocycles. The number of aromatic amines is 1. The number of halogens is 6. The second-order valence-electron chi connectivity index (χ2n) is 8.52. The van der Waals surface area contributed by atoms with Crippen molar-refractivity contribution in [1.82, 2.24) is 9.88 Å². The first-order valence-corrected chi connectivity index (χ1v) is 11.5. The van der Waals surface area contributed by atoms with Gasteiger partial charge < -0.3 is 19.4 Å². The Hall–Kier alpha value is -3.79. The van der Waals surface area contributed by atoms with Gasteiger partial charge in [0.2, 0.25) is 0 Å². The Morgan fingerprint density at radius 2 is 1.76 bits per heavy atom. The molecule has 2 heterocycles. The number of nitrogens with zero attached hydrogens (tertiary/aromatic N) is 1. The van der Waals surface area contributed by atoms with Crippen molar-refractivity contribution in [3.05, 3.63) is 94.1 Å². The molecule has 11 heteroatoms. The topological polar surface area (TPSA) is 54.6 Å². The van der Waals surface area contributed by atoms with E-state index in [0.29, 0.717) is 27.1 Å².